The van der Waals surface area contributed by atoms with Crippen LogP contribution in [-0.4, -0.2) is 48.5 Å². The van der Waals surface area contributed by atoms with Gasteiger partial charge in [0.15, 0.2) is 0 Å². The van der Waals surface area contributed by atoms with Gasteiger partial charge in [0.25, 0.3) is 0 Å². The van der Waals surface area contributed by atoms with Gasteiger partial charge >= 0.3 is 34.2 Å². The van der Waals surface area contributed by atoms with Crippen LogP contribution in [0.15, 0.2) is 49.1 Å². The van der Waals surface area contributed by atoms with Gasteiger partial charge in [0, 0.05) is 19.8 Å². The van der Waals surface area contributed by atoms with Crippen molar-refractivity contribution in [1.82, 2.24) is 0 Å². The molecule has 1 aliphatic heterocycles. The highest BCUT2D eigenvalue weighted by atomic mass is 28.5. The molecule has 0 aliphatic carbocycles. The quantitative estimate of drug-likeness (QED) is 0.313. The third kappa shape index (κ3) is 6.36. The van der Waals surface area contributed by atoms with Crippen molar-refractivity contribution in [2.45, 2.75) is 77.6 Å². The first-order valence-electron chi connectivity index (χ1n) is 11.0. The molecule has 1 saturated heterocycles. The monoisotopic (exact) mass is 502 g/mol. The van der Waals surface area contributed by atoms with Gasteiger partial charge in [0.05, 0.1) is 0 Å². The Labute approximate surface area is 196 Å². The Morgan fingerprint density at radius 3 is 0.935 bits per heavy atom. The van der Waals surface area contributed by atoms with Gasteiger partial charge in [-0.3, -0.25) is 0 Å². The van der Waals surface area contributed by atoms with Crippen LogP contribution in [0.25, 0.3) is 0 Å². The van der Waals surface area contributed by atoms with Crippen LogP contribution in [0.3, 0.4) is 0 Å². The molecule has 9 heteroatoms. The van der Waals surface area contributed by atoms with Crippen LogP contribution >= 0.6 is 0 Å². The van der Waals surface area contributed by atoms with Crippen LogP contribution in [0, 0.1) is 0 Å². The van der Waals surface area contributed by atoms with Gasteiger partial charge in [-0.1, -0.05) is 72.5 Å². The zero-order valence-corrected chi connectivity index (χ0v) is 25.5. The molecule has 0 unspecified atom stereocenters. The lowest BCUT2D eigenvalue weighted by molar-refractivity contribution is 0.217. The van der Waals surface area contributed by atoms with E-state index in [-0.39, 0.29) is 16.6 Å². The molecule has 180 valence electrons. The zero-order valence-electron chi connectivity index (χ0n) is 21.5. The van der Waals surface area contributed by atoms with E-state index in [0.29, 0.717) is 5.54 Å². The van der Waals surface area contributed by atoms with E-state index >= 15 is 0 Å². The fourth-order valence-electron chi connectivity index (χ4n) is 3.43. The summed E-state index contributed by atoms with van der Waals surface area (Å²) in [7, 11) is -6.33. The lowest BCUT2D eigenvalue weighted by Crippen LogP contribution is -2.71. The van der Waals surface area contributed by atoms with Crippen molar-refractivity contribution in [2.75, 3.05) is 14.2 Å². The third-order valence-electron chi connectivity index (χ3n) is 5.95. The molecule has 1 aliphatic rings. The number of hydrogen-bond acceptors (Lipinski definition) is 5. The van der Waals surface area contributed by atoms with Crippen molar-refractivity contribution in [2.24, 2.45) is 0 Å². The Hall–Kier alpha value is -0.372. The summed E-state index contributed by atoms with van der Waals surface area (Å²) in [6.07, 6.45) is 0. The van der Waals surface area contributed by atoms with Gasteiger partial charge in [0.1, 0.15) is 0 Å². The molecule has 31 heavy (non-hydrogen) atoms. The predicted molar refractivity (Wildman–Crippen MR) is 141 cm³/mol. The van der Waals surface area contributed by atoms with E-state index in [4.69, 9.17) is 21.2 Å². The van der Waals surface area contributed by atoms with Crippen molar-refractivity contribution >= 4 is 34.2 Å². The van der Waals surface area contributed by atoms with Crippen LogP contribution in [0.1, 0.15) is 55.4 Å². The van der Waals surface area contributed by atoms with E-state index in [1.165, 1.54) is 0 Å². The van der Waals surface area contributed by atoms with Crippen LogP contribution < -0.4 is 0 Å². The first kappa shape index (κ1) is 30.6. The van der Waals surface area contributed by atoms with Gasteiger partial charge in [-0.25, -0.2) is 0 Å². The van der Waals surface area contributed by atoms with E-state index in [1.807, 2.05) is 22.8 Å². The predicted octanol–water partition coefficient (Wildman–Crippen LogP) is 6.64. The first-order chi connectivity index (χ1) is 14.3. The SMILES string of the molecule is C=C[Si](OC)(OC)C(C)C.C=C[Si]1(C(C)C)O[Si](C=C)(C(C)C)O[Si](C=C)(C(C)C)O1. The highest BCUT2D eigenvalue weighted by Gasteiger charge is 2.62. The molecule has 0 aromatic rings. The zero-order chi connectivity index (χ0) is 24.7. The van der Waals surface area contributed by atoms with Crippen LogP contribution in [0.4, 0.5) is 0 Å². The number of rotatable bonds is 10. The topological polar surface area (TPSA) is 46.2 Å². The average Bonchev–Trinajstić information content (AvgIpc) is 2.74. The second-order valence-corrected chi connectivity index (χ2v) is 24.3. The standard InChI is InChI=1S/C15H30O3Si3.C7H16O2Si/c1-10-19(13(4)5)16-20(11-2,14(6)7)18-21(12-3,17-19)15(8)9;1-6-10(8-4,9-5)7(2)3/h10-15H,1-3H2,4-9H3;6-7H,1H2,2-5H3. The molecule has 1 heterocycles. The van der Waals surface area contributed by atoms with Gasteiger partial charge in [-0.2, -0.15) is 0 Å². The van der Waals surface area contributed by atoms with Gasteiger partial charge in [0.2, 0.25) is 0 Å². The Balaban J connectivity index is 0.000000759. The fourth-order valence-corrected chi connectivity index (χ4v) is 22.0. The second kappa shape index (κ2) is 12.2. The minimum atomic E-state index is -2.55. The highest BCUT2D eigenvalue weighted by molar-refractivity contribution is 7.00. The molecular formula is C22H46O5Si4. The normalized spacial score (nSPS) is 29.0. The van der Waals surface area contributed by atoms with Crippen LogP contribution in [-0.2, 0) is 21.2 Å². The smallest absolute Gasteiger partial charge is 0.366 e. The van der Waals surface area contributed by atoms with Crippen LogP contribution in [0.5, 0.6) is 0 Å². The Bertz CT molecular complexity index is 547. The molecule has 0 N–H and O–H groups in total. The maximum atomic E-state index is 6.57. The summed E-state index contributed by atoms with van der Waals surface area (Å²) in [6.45, 7) is 32.8. The summed E-state index contributed by atoms with van der Waals surface area (Å²) in [6, 6.07) is 0. The molecule has 1 fully saturated rings. The molecule has 0 spiro atoms. The van der Waals surface area contributed by atoms with E-state index in [2.05, 4.69) is 81.7 Å². The van der Waals surface area contributed by atoms with Gasteiger partial charge in [-0.15, -0.1) is 26.3 Å². The second-order valence-electron chi connectivity index (χ2n) is 9.04. The first-order valence-corrected chi connectivity index (χ1v) is 18.9. The van der Waals surface area contributed by atoms with Crippen molar-refractivity contribution < 1.29 is 21.2 Å². The minimum absolute atomic E-state index is 0.273. The molecule has 0 aromatic heterocycles. The molecule has 0 atom stereocenters. The summed E-state index contributed by atoms with van der Waals surface area (Å²) >= 11 is 0. The van der Waals surface area contributed by atoms with Gasteiger partial charge in [-0.05, 0) is 22.3 Å². The summed E-state index contributed by atoms with van der Waals surface area (Å²) in [5.74, 6) is 0. The molecule has 1 rings (SSSR count). The largest absolute Gasteiger partial charge is 0.409 e. The summed E-state index contributed by atoms with van der Waals surface area (Å²) < 4.78 is 30.3. The molecule has 5 nitrogen and oxygen atoms in total. The Morgan fingerprint density at radius 1 is 0.613 bits per heavy atom. The third-order valence-corrected chi connectivity index (χ3v) is 23.6. The summed E-state index contributed by atoms with van der Waals surface area (Å²) in [5.41, 5.74) is 8.81. The lowest BCUT2D eigenvalue weighted by Gasteiger charge is -2.54. The average molecular weight is 503 g/mol. The fraction of sp³-hybridized carbons (Fsp3) is 0.636. The number of hydrogen-bond donors (Lipinski definition) is 0. The molecule has 0 bridgehead atoms. The molecule has 0 aromatic carbocycles. The van der Waals surface area contributed by atoms with Crippen molar-refractivity contribution in [3.8, 4) is 0 Å². The van der Waals surface area contributed by atoms with Crippen molar-refractivity contribution in [3.05, 3.63) is 49.1 Å². The summed E-state index contributed by atoms with van der Waals surface area (Å²) in [4.78, 5) is 0. The van der Waals surface area contributed by atoms with E-state index in [1.54, 1.807) is 14.2 Å². The van der Waals surface area contributed by atoms with Crippen molar-refractivity contribution in [1.29, 1.82) is 0 Å². The van der Waals surface area contributed by atoms with E-state index in [0.717, 1.165) is 0 Å². The van der Waals surface area contributed by atoms with E-state index < -0.39 is 34.2 Å². The minimum Gasteiger partial charge on any atom is -0.409 e. The Morgan fingerprint density at radius 2 is 0.871 bits per heavy atom. The Kier molecular flexibility index (Phi) is 12.0. The summed E-state index contributed by atoms with van der Waals surface area (Å²) in [5, 5.41) is 0. The maximum absolute atomic E-state index is 6.57. The molecule has 0 radical (unpaired) electrons. The highest BCUT2D eigenvalue weighted by Crippen LogP contribution is 2.45. The molecule has 0 amide bonds. The van der Waals surface area contributed by atoms with E-state index in [9.17, 15) is 0 Å². The van der Waals surface area contributed by atoms with Gasteiger partial charge < -0.3 is 21.2 Å². The van der Waals surface area contributed by atoms with Crippen molar-refractivity contribution in [3.63, 3.8) is 0 Å². The van der Waals surface area contributed by atoms with Crippen LogP contribution in [0.2, 0.25) is 22.2 Å². The molecule has 0 saturated carbocycles. The maximum Gasteiger partial charge on any atom is 0.366 e. The lowest BCUT2D eigenvalue weighted by atomic mass is 10.6. The molecular weight excluding hydrogens is 457 g/mol.